The molecule has 32 heavy (non-hydrogen) atoms. The van der Waals surface area contributed by atoms with E-state index in [1.807, 2.05) is 78.6 Å². The minimum Gasteiger partial charge on any atom is -0.493 e. The molecule has 6 heteroatoms. The molecule has 0 spiro atoms. The lowest BCUT2D eigenvalue weighted by Gasteiger charge is -2.47. The Kier molecular flexibility index (Phi) is 6.56. The van der Waals surface area contributed by atoms with Gasteiger partial charge in [-0.15, -0.1) is 0 Å². The summed E-state index contributed by atoms with van der Waals surface area (Å²) in [5, 5.41) is 0.625. The molecule has 0 aliphatic carbocycles. The molecular weight excluding hydrogens is 426 g/mol. The summed E-state index contributed by atoms with van der Waals surface area (Å²) >= 11 is 6.51. The van der Waals surface area contributed by atoms with Gasteiger partial charge < -0.3 is 19.1 Å². The smallest absolute Gasteiger partial charge is 0.266 e. The number of benzene rings is 3. The number of amides is 1. The number of hydrogen-bond donors (Lipinski definition) is 0. The summed E-state index contributed by atoms with van der Waals surface area (Å²) in [6.45, 7) is 2.51. The molecule has 2 atom stereocenters. The lowest BCUT2D eigenvalue weighted by molar-refractivity contribution is -0.164. The highest BCUT2D eigenvalue weighted by atomic mass is 35.5. The Morgan fingerprint density at radius 2 is 1.62 bits per heavy atom. The van der Waals surface area contributed by atoms with E-state index in [9.17, 15) is 4.79 Å². The predicted octanol–water partition coefficient (Wildman–Crippen LogP) is 5.24. The number of ether oxygens (including phenoxy) is 3. The Hall–Kier alpha value is -3.18. The number of aryl methyl sites for hydroxylation is 1. The summed E-state index contributed by atoms with van der Waals surface area (Å²) in [6, 6.07) is 20.9. The topological polar surface area (TPSA) is 48.0 Å². The van der Waals surface area contributed by atoms with Crippen LogP contribution in [0.5, 0.6) is 17.2 Å². The van der Waals surface area contributed by atoms with E-state index in [1.165, 1.54) is 0 Å². The van der Waals surface area contributed by atoms with Gasteiger partial charge in [0.15, 0.2) is 11.5 Å². The molecule has 0 saturated carbocycles. The summed E-state index contributed by atoms with van der Waals surface area (Å²) in [5.41, 5.74) is 2.93. The van der Waals surface area contributed by atoms with Crippen molar-refractivity contribution in [3.63, 3.8) is 0 Å². The van der Waals surface area contributed by atoms with Crippen LogP contribution in [0.2, 0.25) is 5.02 Å². The van der Waals surface area contributed by atoms with Crippen LogP contribution in [-0.4, -0.2) is 37.7 Å². The number of carbonyl (C=O) groups excluding carboxylic acids is 1. The minimum atomic E-state index is -0.610. The maximum absolute atomic E-state index is 13.1. The number of para-hydroxylation sites is 1. The quantitative estimate of drug-likeness (QED) is 0.439. The van der Waals surface area contributed by atoms with Gasteiger partial charge in [0, 0.05) is 11.6 Å². The molecule has 0 radical (unpaired) electrons. The number of rotatable bonds is 8. The zero-order valence-corrected chi connectivity index (χ0v) is 19.1. The van der Waals surface area contributed by atoms with E-state index in [0.29, 0.717) is 35.2 Å². The van der Waals surface area contributed by atoms with Crippen molar-refractivity contribution in [1.82, 2.24) is 4.90 Å². The Morgan fingerprint density at radius 3 is 2.34 bits per heavy atom. The summed E-state index contributed by atoms with van der Waals surface area (Å²) in [5.74, 6) is 2.02. The van der Waals surface area contributed by atoms with Gasteiger partial charge >= 0.3 is 0 Å². The molecule has 1 heterocycles. The number of methoxy groups -OCH3 is 2. The first kappa shape index (κ1) is 22.0. The van der Waals surface area contributed by atoms with Crippen molar-refractivity contribution in [3.05, 3.63) is 88.4 Å². The van der Waals surface area contributed by atoms with Crippen LogP contribution in [0.1, 0.15) is 22.7 Å². The molecule has 1 amide bonds. The molecule has 0 N–H and O–H groups in total. The van der Waals surface area contributed by atoms with E-state index in [2.05, 4.69) is 0 Å². The highest BCUT2D eigenvalue weighted by Gasteiger charge is 2.50. The molecule has 1 saturated heterocycles. The monoisotopic (exact) mass is 451 g/mol. The highest BCUT2D eigenvalue weighted by Crippen LogP contribution is 2.41. The summed E-state index contributed by atoms with van der Waals surface area (Å²) < 4.78 is 16.9. The number of nitrogens with zero attached hydrogens (tertiary/aromatic N) is 1. The van der Waals surface area contributed by atoms with E-state index in [0.717, 1.165) is 16.7 Å². The van der Waals surface area contributed by atoms with Crippen LogP contribution in [0.4, 0.5) is 0 Å². The fourth-order valence-electron chi connectivity index (χ4n) is 4.04. The third kappa shape index (κ3) is 4.26. The van der Waals surface area contributed by atoms with Crippen molar-refractivity contribution in [2.75, 3.05) is 20.8 Å². The van der Waals surface area contributed by atoms with Crippen molar-refractivity contribution >= 4 is 17.5 Å². The Labute approximate surface area is 193 Å². The van der Waals surface area contributed by atoms with Gasteiger partial charge in [-0.25, -0.2) is 0 Å². The molecule has 1 fully saturated rings. The molecule has 166 valence electrons. The van der Waals surface area contributed by atoms with Crippen molar-refractivity contribution in [2.24, 2.45) is 0 Å². The molecule has 4 rings (SSSR count). The molecule has 1 aliphatic heterocycles. The Balaban J connectivity index is 1.56. The van der Waals surface area contributed by atoms with Gasteiger partial charge in [-0.1, -0.05) is 54.1 Å². The van der Waals surface area contributed by atoms with Crippen LogP contribution >= 0.6 is 11.6 Å². The average Bonchev–Trinajstić information content (AvgIpc) is 2.81. The second kappa shape index (κ2) is 9.53. The van der Waals surface area contributed by atoms with Crippen LogP contribution in [0.15, 0.2) is 66.7 Å². The summed E-state index contributed by atoms with van der Waals surface area (Å²) in [7, 11) is 3.22. The van der Waals surface area contributed by atoms with Crippen molar-refractivity contribution in [3.8, 4) is 17.2 Å². The van der Waals surface area contributed by atoms with Crippen molar-refractivity contribution < 1.29 is 19.0 Å². The summed E-state index contributed by atoms with van der Waals surface area (Å²) in [4.78, 5) is 15.0. The first-order valence-corrected chi connectivity index (χ1v) is 10.9. The third-order valence-corrected chi connectivity index (χ3v) is 6.15. The molecule has 3 aromatic rings. The maximum Gasteiger partial charge on any atom is 0.266 e. The molecule has 3 aromatic carbocycles. The van der Waals surface area contributed by atoms with Gasteiger partial charge in [0.05, 0.1) is 14.2 Å². The third-order valence-electron chi connectivity index (χ3n) is 5.81. The van der Waals surface area contributed by atoms with E-state index < -0.39 is 6.10 Å². The second-order valence-electron chi connectivity index (χ2n) is 7.74. The first-order chi connectivity index (χ1) is 15.5. The predicted molar refractivity (Wildman–Crippen MR) is 125 cm³/mol. The zero-order chi connectivity index (χ0) is 22.7. The average molecular weight is 452 g/mol. The van der Waals surface area contributed by atoms with Gasteiger partial charge in [0.1, 0.15) is 11.8 Å². The van der Waals surface area contributed by atoms with E-state index in [-0.39, 0.29) is 11.9 Å². The van der Waals surface area contributed by atoms with Gasteiger partial charge in [-0.3, -0.25) is 4.79 Å². The molecule has 0 unspecified atom stereocenters. The maximum atomic E-state index is 13.1. The molecule has 0 aromatic heterocycles. The number of hydrogen-bond acceptors (Lipinski definition) is 4. The first-order valence-electron chi connectivity index (χ1n) is 10.5. The SMILES string of the molecule is COc1ccc(CCN2C(=O)[C@H](Oc3ccccc3C)[C@@H]2c2ccccc2Cl)cc1OC. The number of β-lactam (4-membered cyclic amide) rings is 1. The van der Waals surface area contributed by atoms with Gasteiger partial charge in [0.25, 0.3) is 5.91 Å². The number of carbonyl (C=O) groups is 1. The van der Waals surface area contributed by atoms with Crippen LogP contribution in [0.25, 0.3) is 0 Å². The number of likely N-dealkylation sites (tertiary alicyclic amines) is 1. The van der Waals surface area contributed by atoms with E-state index in [4.69, 9.17) is 25.8 Å². The Morgan fingerprint density at radius 1 is 0.906 bits per heavy atom. The minimum absolute atomic E-state index is 0.0429. The van der Waals surface area contributed by atoms with Crippen LogP contribution in [0.3, 0.4) is 0 Å². The second-order valence-corrected chi connectivity index (χ2v) is 8.15. The standard InChI is InChI=1S/C26H26ClNO4/c1-17-8-4-7-11-21(17)32-25-24(19-9-5-6-10-20(19)27)28(26(25)29)15-14-18-12-13-22(30-2)23(16-18)31-3/h4-13,16,24-25H,14-15H2,1-3H3/t24-,25+/m0/s1. The summed E-state index contributed by atoms with van der Waals surface area (Å²) in [6.07, 6.45) is 0.0610. The van der Waals surface area contributed by atoms with E-state index >= 15 is 0 Å². The van der Waals surface area contributed by atoms with Gasteiger partial charge in [0.2, 0.25) is 6.10 Å². The lowest BCUT2D eigenvalue weighted by Crippen LogP contribution is -2.61. The van der Waals surface area contributed by atoms with Gasteiger partial charge in [-0.2, -0.15) is 0 Å². The fraction of sp³-hybridized carbons (Fsp3) is 0.269. The zero-order valence-electron chi connectivity index (χ0n) is 18.4. The number of halogens is 1. The Bertz CT molecular complexity index is 1120. The van der Waals surface area contributed by atoms with Crippen molar-refractivity contribution in [1.29, 1.82) is 0 Å². The molecule has 0 bridgehead atoms. The van der Waals surface area contributed by atoms with Crippen LogP contribution < -0.4 is 14.2 Å². The normalized spacial score (nSPS) is 17.6. The van der Waals surface area contributed by atoms with Crippen LogP contribution in [-0.2, 0) is 11.2 Å². The van der Waals surface area contributed by atoms with E-state index in [1.54, 1.807) is 14.2 Å². The fourth-order valence-corrected chi connectivity index (χ4v) is 4.29. The highest BCUT2D eigenvalue weighted by molar-refractivity contribution is 6.31. The van der Waals surface area contributed by atoms with Crippen LogP contribution in [0, 0.1) is 6.92 Å². The molecular formula is C26H26ClNO4. The molecule has 5 nitrogen and oxygen atoms in total. The van der Waals surface area contributed by atoms with Gasteiger partial charge in [-0.05, 0) is 54.3 Å². The molecule has 1 aliphatic rings. The lowest BCUT2D eigenvalue weighted by atomic mass is 9.89. The van der Waals surface area contributed by atoms with Crippen molar-refractivity contribution in [2.45, 2.75) is 25.5 Å². The largest absolute Gasteiger partial charge is 0.493 e.